The molecule has 6 nitrogen and oxygen atoms in total. The number of alkyl halides is 4. The molecular weight excluding hydrogens is 364 g/mol. The second-order valence-corrected chi connectivity index (χ2v) is 5.76. The van der Waals surface area contributed by atoms with Gasteiger partial charge in [0.1, 0.15) is 19.3 Å². The average molecular weight is 384 g/mol. The van der Waals surface area contributed by atoms with Gasteiger partial charge in [0.15, 0.2) is 0 Å². The Kier molecular flexibility index (Phi) is 8.04. The van der Waals surface area contributed by atoms with E-state index in [1.165, 1.54) is 0 Å². The largest absolute Gasteiger partial charge is 0.459 e. The van der Waals surface area contributed by atoms with Crippen LogP contribution in [-0.4, -0.2) is 49.1 Å². The Balaban J connectivity index is 2.50. The van der Waals surface area contributed by atoms with Crippen LogP contribution in [0.4, 0.5) is 17.6 Å². The SMILES string of the molecule is C=CC(=O)OCCOC(=O)C(F)(F)CC(F)(F)C(=O)OC1CCCCC1. The predicted molar refractivity (Wildman–Crippen MR) is 79.6 cm³/mol. The van der Waals surface area contributed by atoms with Gasteiger partial charge in [-0.05, 0) is 25.7 Å². The molecule has 0 heterocycles. The molecule has 0 aliphatic heterocycles. The van der Waals surface area contributed by atoms with Gasteiger partial charge in [0, 0.05) is 6.08 Å². The minimum atomic E-state index is -4.61. The first-order valence-corrected chi connectivity index (χ1v) is 8.01. The summed E-state index contributed by atoms with van der Waals surface area (Å²) in [6, 6.07) is 0. The minimum absolute atomic E-state index is 0.393. The van der Waals surface area contributed by atoms with Gasteiger partial charge >= 0.3 is 29.8 Å². The van der Waals surface area contributed by atoms with E-state index in [2.05, 4.69) is 20.8 Å². The van der Waals surface area contributed by atoms with E-state index < -0.39 is 55.5 Å². The fourth-order valence-corrected chi connectivity index (χ4v) is 2.28. The Morgan fingerprint density at radius 2 is 1.46 bits per heavy atom. The van der Waals surface area contributed by atoms with Gasteiger partial charge in [-0.3, -0.25) is 0 Å². The third kappa shape index (κ3) is 7.01. The Bertz CT molecular complexity index is 529. The molecule has 0 spiro atoms. The maximum atomic E-state index is 13.7. The summed E-state index contributed by atoms with van der Waals surface area (Å²) in [5.41, 5.74) is 0. The third-order valence-corrected chi connectivity index (χ3v) is 3.59. The van der Waals surface area contributed by atoms with Crippen molar-refractivity contribution in [3.63, 3.8) is 0 Å². The van der Waals surface area contributed by atoms with Gasteiger partial charge in [0.2, 0.25) is 0 Å². The molecular formula is C16H20F4O6. The van der Waals surface area contributed by atoms with E-state index in [0.717, 1.165) is 12.5 Å². The number of halogens is 4. The van der Waals surface area contributed by atoms with E-state index in [4.69, 9.17) is 0 Å². The molecule has 148 valence electrons. The first-order chi connectivity index (χ1) is 12.1. The molecule has 1 aliphatic carbocycles. The molecule has 0 radical (unpaired) electrons. The van der Waals surface area contributed by atoms with Crippen molar-refractivity contribution in [1.29, 1.82) is 0 Å². The van der Waals surface area contributed by atoms with E-state index in [0.29, 0.717) is 25.7 Å². The quantitative estimate of drug-likeness (QED) is 0.200. The maximum absolute atomic E-state index is 13.7. The summed E-state index contributed by atoms with van der Waals surface area (Å²) in [4.78, 5) is 33.4. The van der Waals surface area contributed by atoms with Crippen LogP contribution in [0.3, 0.4) is 0 Å². The highest BCUT2D eigenvalue weighted by atomic mass is 19.3. The van der Waals surface area contributed by atoms with Crippen LogP contribution in [-0.2, 0) is 28.6 Å². The summed E-state index contributed by atoms with van der Waals surface area (Å²) in [7, 11) is 0. The van der Waals surface area contributed by atoms with Gasteiger partial charge in [0.05, 0.1) is 6.42 Å². The Morgan fingerprint density at radius 1 is 0.923 bits per heavy atom. The number of ether oxygens (including phenoxy) is 3. The van der Waals surface area contributed by atoms with Gasteiger partial charge in [0.25, 0.3) is 0 Å². The van der Waals surface area contributed by atoms with E-state index in [9.17, 15) is 31.9 Å². The van der Waals surface area contributed by atoms with E-state index in [1.54, 1.807) is 0 Å². The van der Waals surface area contributed by atoms with E-state index in [-0.39, 0.29) is 0 Å². The van der Waals surface area contributed by atoms with Gasteiger partial charge in [-0.1, -0.05) is 13.0 Å². The smallest absolute Gasteiger partial charge is 0.377 e. The number of carbonyl (C=O) groups is 3. The van der Waals surface area contributed by atoms with E-state index >= 15 is 0 Å². The second kappa shape index (κ2) is 9.54. The predicted octanol–water partition coefficient (Wildman–Crippen LogP) is 2.80. The Hall–Kier alpha value is -2.13. The van der Waals surface area contributed by atoms with Crippen molar-refractivity contribution < 1.29 is 46.2 Å². The summed E-state index contributed by atoms with van der Waals surface area (Å²) < 4.78 is 67.7. The lowest BCUT2D eigenvalue weighted by Crippen LogP contribution is -2.43. The number of rotatable bonds is 9. The Labute approximate surface area is 147 Å². The summed E-state index contributed by atoms with van der Waals surface area (Å²) in [6.45, 7) is 1.78. The number of hydrogen-bond donors (Lipinski definition) is 0. The monoisotopic (exact) mass is 384 g/mol. The molecule has 1 rings (SSSR count). The topological polar surface area (TPSA) is 78.9 Å². The third-order valence-electron chi connectivity index (χ3n) is 3.59. The molecule has 0 aromatic rings. The lowest BCUT2D eigenvalue weighted by molar-refractivity contribution is -0.200. The molecule has 0 atom stereocenters. The van der Waals surface area contributed by atoms with Crippen LogP contribution >= 0.6 is 0 Å². The lowest BCUT2D eigenvalue weighted by Gasteiger charge is -2.25. The van der Waals surface area contributed by atoms with Crippen LogP contribution in [0.5, 0.6) is 0 Å². The lowest BCUT2D eigenvalue weighted by atomic mass is 9.98. The molecule has 0 amide bonds. The summed E-state index contributed by atoms with van der Waals surface area (Å²) >= 11 is 0. The van der Waals surface area contributed by atoms with Crippen LogP contribution < -0.4 is 0 Å². The molecule has 0 bridgehead atoms. The minimum Gasteiger partial charge on any atom is -0.459 e. The first kappa shape index (κ1) is 21.9. The molecule has 1 fully saturated rings. The van der Waals surface area contributed by atoms with Crippen molar-refractivity contribution in [1.82, 2.24) is 0 Å². The van der Waals surface area contributed by atoms with Crippen LogP contribution in [0, 0.1) is 0 Å². The summed E-state index contributed by atoms with van der Waals surface area (Å²) in [5.74, 6) is -14.4. The van der Waals surface area contributed by atoms with E-state index in [1.807, 2.05) is 0 Å². The number of esters is 3. The molecule has 1 aliphatic rings. The molecule has 0 unspecified atom stereocenters. The molecule has 0 aromatic carbocycles. The highest BCUT2D eigenvalue weighted by molar-refractivity contribution is 5.82. The molecule has 1 saturated carbocycles. The fraction of sp³-hybridized carbons (Fsp3) is 0.688. The maximum Gasteiger partial charge on any atom is 0.377 e. The zero-order valence-corrected chi connectivity index (χ0v) is 14.0. The molecule has 10 heteroatoms. The normalized spacial score (nSPS) is 15.8. The zero-order valence-electron chi connectivity index (χ0n) is 14.0. The zero-order chi connectivity index (χ0) is 19.8. The van der Waals surface area contributed by atoms with Crippen molar-refractivity contribution in [2.45, 2.75) is 56.5 Å². The molecule has 0 saturated heterocycles. The van der Waals surface area contributed by atoms with Gasteiger partial charge in [-0.15, -0.1) is 0 Å². The average Bonchev–Trinajstić information content (AvgIpc) is 2.58. The summed E-state index contributed by atoms with van der Waals surface area (Å²) in [5, 5.41) is 0. The molecule has 26 heavy (non-hydrogen) atoms. The number of carbonyl (C=O) groups excluding carboxylic acids is 3. The summed E-state index contributed by atoms with van der Waals surface area (Å²) in [6.07, 6.45) is 0.766. The molecule has 0 aromatic heterocycles. The van der Waals surface area contributed by atoms with Crippen molar-refractivity contribution in [3.8, 4) is 0 Å². The van der Waals surface area contributed by atoms with Crippen LogP contribution in [0.25, 0.3) is 0 Å². The van der Waals surface area contributed by atoms with Crippen molar-refractivity contribution in [3.05, 3.63) is 12.7 Å². The highest BCUT2D eigenvalue weighted by Gasteiger charge is 2.55. The fourth-order valence-electron chi connectivity index (χ4n) is 2.28. The molecule has 0 N–H and O–H groups in total. The Morgan fingerprint density at radius 3 is 2.04 bits per heavy atom. The van der Waals surface area contributed by atoms with Crippen LogP contribution in [0.15, 0.2) is 12.7 Å². The second-order valence-electron chi connectivity index (χ2n) is 5.76. The standard InChI is InChI=1S/C16H20F4O6/c1-2-12(21)24-8-9-25-13(22)15(17,18)10-16(19,20)14(23)26-11-6-4-3-5-7-11/h2,11H,1,3-10H2. The van der Waals surface area contributed by atoms with Crippen molar-refractivity contribution in [2.75, 3.05) is 13.2 Å². The number of hydrogen-bond acceptors (Lipinski definition) is 6. The van der Waals surface area contributed by atoms with Crippen molar-refractivity contribution in [2.24, 2.45) is 0 Å². The van der Waals surface area contributed by atoms with Crippen LogP contribution in [0.1, 0.15) is 38.5 Å². The van der Waals surface area contributed by atoms with Gasteiger partial charge in [-0.2, -0.15) is 17.6 Å². The first-order valence-electron chi connectivity index (χ1n) is 8.01. The van der Waals surface area contributed by atoms with Gasteiger partial charge in [-0.25, -0.2) is 14.4 Å². The van der Waals surface area contributed by atoms with Crippen LogP contribution in [0.2, 0.25) is 0 Å². The van der Waals surface area contributed by atoms with Gasteiger partial charge < -0.3 is 14.2 Å². The van der Waals surface area contributed by atoms with Crippen molar-refractivity contribution >= 4 is 17.9 Å². The highest BCUT2D eigenvalue weighted by Crippen LogP contribution is 2.33.